The van der Waals surface area contributed by atoms with Crippen molar-refractivity contribution in [2.75, 3.05) is 5.32 Å². The summed E-state index contributed by atoms with van der Waals surface area (Å²) in [5.74, 6) is 0.326. The zero-order chi connectivity index (χ0) is 15.3. The van der Waals surface area contributed by atoms with E-state index in [0.29, 0.717) is 18.7 Å². The van der Waals surface area contributed by atoms with Crippen LogP contribution in [0, 0.1) is 0 Å². The summed E-state index contributed by atoms with van der Waals surface area (Å²) in [5.41, 5.74) is 8.83. The molecule has 3 N–H and O–H groups in total. The average Bonchev–Trinajstić information content (AvgIpc) is 2.98. The molecule has 1 aliphatic carbocycles. The van der Waals surface area contributed by atoms with Crippen molar-refractivity contribution in [3.63, 3.8) is 0 Å². The van der Waals surface area contributed by atoms with E-state index >= 15 is 0 Å². The Kier molecular flexibility index (Phi) is 2.60. The van der Waals surface area contributed by atoms with Crippen LogP contribution in [-0.4, -0.2) is 16.8 Å². The van der Waals surface area contributed by atoms with E-state index in [0.717, 1.165) is 22.3 Å². The van der Waals surface area contributed by atoms with Crippen LogP contribution in [-0.2, 0) is 34.3 Å². The predicted molar refractivity (Wildman–Crippen MR) is 81.3 cm³/mol. The highest BCUT2D eigenvalue weighted by molar-refractivity contribution is 6.06. The first-order valence-electron chi connectivity index (χ1n) is 7.24. The number of fused-ring (bicyclic) bond motifs is 3. The number of benzene rings is 1. The predicted octanol–water partition coefficient (Wildman–Crippen LogP) is 1.10. The van der Waals surface area contributed by atoms with Gasteiger partial charge < -0.3 is 11.1 Å². The highest BCUT2D eigenvalue weighted by Crippen LogP contribution is 2.46. The van der Waals surface area contributed by atoms with Crippen LogP contribution in [0.3, 0.4) is 0 Å². The Balaban J connectivity index is 1.75. The molecular weight excluding hydrogens is 278 g/mol. The van der Waals surface area contributed by atoms with Gasteiger partial charge in [0.1, 0.15) is 5.82 Å². The van der Waals surface area contributed by atoms with Gasteiger partial charge in [-0.2, -0.15) is 0 Å². The fraction of sp³-hybridized carbons (Fsp3) is 0.235. The van der Waals surface area contributed by atoms with E-state index in [9.17, 15) is 9.59 Å². The molecule has 0 radical (unpaired) electrons. The molecule has 1 spiro atoms. The molecule has 1 atom stereocenters. The molecule has 5 nitrogen and oxygen atoms in total. The largest absolute Gasteiger partial charge is 0.369 e. The number of nitrogens with zero attached hydrogens (tertiary/aromatic N) is 1. The number of nitrogens with one attached hydrogen (secondary N) is 1. The van der Waals surface area contributed by atoms with Crippen LogP contribution in [0.5, 0.6) is 0 Å². The summed E-state index contributed by atoms with van der Waals surface area (Å²) < 4.78 is 0. The van der Waals surface area contributed by atoms with Gasteiger partial charge in [0.15, 0.2) is 0 Å². The SMILES string of the molecule is NC(=O)Cc1ccc2c(c1)C[C@@]1(C2)C(=O)Nc2ncccc21. The summed E-state index contributed by atoms with van der Waals surface area (Å²) in [6, 6.07) is 9.75. The number of carbonyl (C=O) groups is 2. The second kappa shape index (κ2) is 4.40. The molecule has 22 heavy (non-hydrogen) atoms. The van der Waals surface area contributed by atoms with E-state index in [1.807, 2.05) is 30.3 Å². The molecule has 5 heteroatoms. The van der Waals surface area contributed by atoms with Gasteiger partial charge in [-0.3, -0.25) is 9.59 Å². The number of carbonyl (C=O) groups excluding carboxylic acids is 2. The first kappa shape index (κ1) is 13.0. The van der Waals surface area contributed by atoms with E-state index in [1.54, 1.807) is 6.20 Å². The third-order valence-corrected chi connectivity index (χ3v) is 4.62. The Bertz CT molecular complexity index is 815. The fourth-order valence-electron chi connectivity index (χ4n) is 3.63. The second-order valence-corrected chi connectivity index (χ2v) is 6.04. The van der Waals surface area contributed by atoms with E-state index in [4.69, 9.17) is 5.73 Å². The second-order valence-electron chi connectivity index (χ2n) is 6.04. The Morgan fingerprint density at radius 3 is 2.91 bits per heavy atom. The maximum atomic E-state index is 12.6. The lowest BCUT2D eigenvalue weighted by Crippen LogP contribution is -2.35. The molecule has 1 aromatic carbocycles. The van der Waals surface area contributed by atoms with Crippen molar-refractivity contribution in [1.82, 2.24) is 4.98 Å². The molecule has 0 fully saturated rings. The Morgan fingerprint density at radius 2 is 2.09 bits per heavy atom. The minimum Gasteiger partial charge on any atom is -0.369 e. The summed E-state index contributed by atoms with van der Waals surface area (Å²) in [5, 5.41) is 2.89. The summed E-state index contributed by atoms with van der Waals surface area (Å²) in [6.07, 6.45) is 3.22. The minimum atomic E-state index is -0.558. The van der Waals surface area contributed by atoms with Gasteiger partial charge >= 0.3 is 0 Å². The monoisotopic (exact) mass is 293 g/mol. The molecule has 4 rings (SSSR count). The molecule has 2 aromatic rings. The van der Waals surface area contributed by atoms with Crippen molar-refractivity contribution < 1.29 is 9.59 Å². The number of hydrogen-bond acceptors (Lipinski definition) is 3. The van der Waals surface area contributed by atoms with Crippen molar-refractivity contribution in [3.05, 3.63) is 58.8 Å². The summed E-state index contributed by atoms with van der Waals surface area (Å²) >= 11 is 0. The molecule has 0 saturated carbocycles. The minimum absolute atomic E-state index is 0.00820. The normalized spacial score (nSPS) is 21.5. The quantitative estimate of drug-likeness (QED) is 0.869. The van der Waals surface area contributed by atoms with Crippen LogP contribution in [0.2, 0.25) is 0 Å². The van der Waals surface area contributed by atoms with E-state index in [-0.39, 0.29) is 18.2 Å². The summed E-state index contributed by atoms with van der Waals surface area (Å²) in [6.45, 7) is 0. The molecule has 2 amide bonds. The average molecular weight is 293 g/mol. The third-order valence-electron chi connectivity index (χ3n) is 4.62. The van der Waals surface area contributed by atoms with Crippen molar-refractivity contribution in [2.24, 2.45) is 5.73 Å². The van der Waals surface area contributed by atoms with Gasteiger partial charge in [0, 0.05) is 11.8 Å². The molecular formula is C17H15N3O2. The summed E-state index contributed by atoms with van der Waals surface area (Å²) in [7, 11) is 0. The lowest BCUT2D eigenvalue weighted by atomic mass is 9.79. The van der Waals surface area contributed by atoms with E-state index in [2.05, 4.69) is 10.3 Å². The van der Waals surface area contributed by atoms with Crippen LogP contribution in [0.4, 0.5) is 5.82 Å². The molecule has 2 aliphatic rings. The van der Waals surface area contributed by atoms with Gasteiger partial charge in [-0.15, -0.1) is 0 Å². The number of hydrogen-bond donors (Lipinski definition) is 2. The number of pyridine rings is 1. The number of anilines is 1. The number of primary amides is 1. The third kappa shape index (κ3) is 1.75. The highest BCUT2D eigenvalue weighted by Gasteiger charge is 2.50. The van der Waals surface area contributed by atoms with Gasteiger partial charge in [0.2, 0.25) is 11.8 Å². The first-order valence-corrected chi connectivity index (χ1v) is 7.24. The number of nitrogens with two attached hydrogens (primary N) is 1. The molecule has 1 aromatic heterocycles. The van der Waals surface area contributed by atoms with Crippen molar-refractivity contribution >= 4 is 17.6 Å². The van der Waals surface area contributed by atoms with Crippen LogP contribution in [0.25, 0.3) is 0 Å². The molecule has 2 heterocycles. The van der Waals surface area contributed by atoms with Gasteiger partial charge in [-0.05, 0) is 35.6 Å². The lowest BCUT2D eigenvalue weighted by Gasteiger charge is -2.20. The molecule has 0 saturated heterocycles. The molecule has 0 unspecified atom stereocenters. The first-order chi connectivity index (χ1) is 10.6. The topological polar surface area (TPSA) is 85.1 Å². The van der Waals surface area contributed by atoms with Crippen molar-refractivity contribution in [1.29, 1.82) is 0 Å². The van der Waals surface area contributed by atoms with Crippen molar-refractivity contribution in [2.45, 2.75) is 24.7 Å². The summed E-state index contributed by atoms with van der Waals surface area (Å²) in [4.78, 5) is 27.9. The van der Waals surface area contributed by atoms with Crippen molar-refractivity contribution in [3.8, 4) is 0 Å². The maximum absolute atomic E-state index is 12.6. The van der Waals surface area contributed by atoms with E-state index < -0.39 is 5.41 Å². The fourth-order valence-corrected chi connectivity index (χ4v) is 3.63. The van der Waals surface area contributed by atoms with Gasteiger partial charge in [-0.1, -0.05) is 24.3 Å². The molecule has 1 aliphatic heterocycles. The highest BCUT2D eigenvalue weighted by atomic mass is 16.2. The van der Waals surface area contributed by atoms with Gasteiger partial charge in [0.25, 0.3) is 0 Å². The van der Waals surface area contributed by atoms with E-state index in [1.165, 1.54) is 0 Å². The zero-order valence-electron chi connectivity index (χ0n) is 11.9. The van der Waals surface area contributed by atoms with Crippen LogP contribution < -0.4 is 11.1 Å². The Labute approximate surface area is 127 Å². The molecule has 0 bridgehead atoms. The Morgan fingerprint density at radius 1 is 1.27 bits per heavy atom. The Hall–Kier alpha value is -2.69. The van der Waals surface area contributed by atoms with Crippen LogP contribution >= 0.6 is 0 Å². The lowest BCUT2D eigenvalue weighted by molar-refractivity contribution is -0.120. The molecule has 110 valence electrons. The number of rotatable bonds is 2. The standard InChI is InChI=1S/C17H15N3O2/c18-14(21)7-10-3-4-11-8-17(9-12(11)6-10)13-2-1-5-19-15(13)20-16(17)22/h1-6H,7-9H2,(H2,18,21)(H,19,20,22)/t17-/m1/s1. The van der Waals surface area contributed by atoms with Gasteiger partial charge in [-0.25, -0.2) is 4.98 Å². The maximum Gasteiger partial charge on any atom is 0.237 e. The van der Waals surface area contributed by atoms with Crippen LogP contribution in [0.15, 0.2) is 36.5 Å². The van der Waals surface area contributed by atoms with Crippen LogP contribution in [0.1, 0.15) is 22.3 Å². The number of amides is 2. The number of aromatic nitrogens is 1. The van der Waals surface area contributed by atoms with Gasteiger partial charge in [0.05, 0.1) is 11.8 Å². The smallest absolute Gasteiger partial charge is 0.237 e. The zero-order valence-corrected chi connectivity index (χ0v) is 11.9.